The Kier molecular flexibility index (Phi) is 3.39. The van der Waals surface area contributed by atoms with E-state index in [0.29, 0.717) is 18.4 Å². The Hall–Kier alpha value is -2.34. The van der Waals surface area contributed by atoms with Crippen molar-refractivity contribution in [3.8, 4) is 5.82 Å². The Balaban J connectivity index is 1.95. The highest BCUT2D eigenvalue weighted by molar-refractivity contribution is 5.75. The largest absolute Gasteiger partial charge is 0.309 e. The molecule has 0 aliphatic carbocycles. The minimum absolute atomic E-state index is 0.410. The third kappa shape index (κ3) is 2.50. The zero-order valence-electron chi connectivity index (χ0n) is 11.5. The maximum Gasteiger partial charge on any atom is 0.174 e. The van der Waals surface area contributed by atoms with E-state index in [1.807, 2.05) is 24.3 Å². The van der Waals surface area contributed by atoms with Gasteiger partial charge in [-0.25, -0.2) is 4.98 Å². The number of para-hydroxylation sites is 1. The summed E-state index contributed by atoms with van der Waals surface area (Å²) in [7, 11) is 0. The number of nitrogens with one attached hydrogen (secondary N) is 1. The normalized spacial score (nSPS) is 11.3. The number of benzene rings is 1. The molecule has 0 aliphatic heterocycles. The van der Waals surface area contributed by atoms with Gasteiger partial charge in [0.25, 0.3) is 0 Å². The van der Waals surface area contributed by atoms with E-state index in [1.165, 1.54) is 0 Å². The van der Waals surface area contributed by atoms with E-state index in [-0.39, 0.29) is 0 Å². The molecular weight excluding hydrogens is 252 g/mol. The molecule has 3 rings (SSSR count). The van der Waals surface area contributed by atoms with Crippen molar-refractivity contribution in [2.75, 3.05) is 0 Å². The minimum atomic E-state index is 0.410. The van der Waals surface area contributed by atoms with Gasteiger partial charge < -0.3 is 5.32 Å². The molecule has 0 radical (unpaired) electrons. The second-order valence-electron chi connectivity index (χ2n) is 4.89. The van der Waals surface area contributed by atoms with E-state index in [2.05, 4.69) is 39.4 Å². The van der Waals surface area contributed by atoms with Crippen LogP contribution in [0.5, 0.6) is 0 Å². The predicted molar refractivity (Wildman–Crippen MR) is 76.4 cm³/mol. The average Bonchev–Trinajstić information content (AvgIpc) is 2.89. The maximum absolute atomic E-state index is 4.57. The summed E-state index contributed by atoms with van der Waals surface area (Å²) in [6.45, 7) is 4.88. The molecule has 0 fully saturated rings. The van der Waals surface area contributed by atoms with E-state index in [1.54, 1.807) is 17.1 Å². The van der Waals surface area contributed by atoms with Crippen LogP contribution in [-0.4, -0.2) is 31.0 Å². The highest BCUT2D eigenvalue weighted by atomic mass is 15.4. The van der Waals surface area contributed by atoms with Crippen molar-refractivity contribution < 1.29 is 0 Å². The number of hydrogen-bond donors (Lipinski definition) is 1. The SMILES string of the molecule is CC(C)NCc1cncc(-n2nnc3ccccc32)n1. The lowest BCUT2D eigenvalue weighted by molar-refractivity contribution is 0.578. The van der Waals surface area contributed by atoms with Crippen LogP contribution in [-0.2, 0) is 6.54 Å². The molecule has 3 aromatic rings. The molecule has 1 aromatic carbocycles. The molecule has 0 bridgehead atoms. The van der Waals surface area contributed by atoms with Crippen LogP contribution >= 0.6 is 0 Å². The highest BCUT2D eigenvalue weighted by Gasteiger charge is 2.08. The summed E-state index contributed by atoms with van der Waals surface area (Å²) in [5.41, 5.74) is 2.66. The van der Waals surface area contributed by atoms with Crippen molar-refractivity contribution in [1.82, 2.24) is 30.3 Å². The zero-order valence-corrected chi connectivity index (χ0v) is 11.5. The summed E-state index contributed by atoms with van der Waals surface area (Å²) in [5, 5.41) is 11.6. The van der Waals surface area contributed by atoms with Crippen molar-refractivity contribution in [2.45, 2.75) is 26.4 Å². The molecule has 0 unspecified atom stereocenters. The van der Waals surface area contributed by atoms with Gasteiger partial charge >= 0.3 is 0 Å². The van der Waals surface area contributed by atoms with Gasteiger partial charge in [-0.15, -0.1) is 5.10 Å². The standard InChI is InChI=1S/C14H16N6/c1-10(2)16-8-11-7-15-9-14(17-11)20-13-6-4-3-5-12(13)18-19-20/h3-7,9-10,16H,8H2,1-2H3. The van der Waals surface area contributed by atoms with Crippen molar-refractivity contribution in [3.63, 3.8) is 0 Å². The lowest BCUT2D eigenvalue weighted by Crippen LogP contribution is -2.22. The second-order valence-corrected chi connectivity index (χ2v) is 4.89. The molecule has 6 nitrogen and oxygen atoms in total. The smallest absolute Gasteiger partial charge is 0.174 e. The third-order valence-electron chi connectivity index (χ3n) is 2.93. The molecule has 20 heavy (non-hydrogen) atoms. The summed E-state index contributed by atoms with van der Waals surface area (Å²) in [6.07, 6.45) is 3.46. The van der Waals surface area contributed by atoms with Crippen LogP contribution in [0.15, 0.2) is 36.7 Å². The van der Waals surface area contributed by atoms with Crippen LogP contribution in [0.4, 0.5) is 0 Å². The Bertz CT molecular complexity index is 718. The Morgan fingerprint density at radius 1 is 1.20 bits per heavy atom. The van der Waals surface area contributed by atoms with E-state index in [4.69, 9.17) is 0 Å². The zero-order chi connectivity index (χ0) is 13.9. The number of hydrogen-bond acceptors (Lipinski definition) is 5. The molecule has 0 amide bonds. The monoisotopic (exact) mass is 268 g/mol. The van der Waals surface area contributed by atoms with Crippen LogP contribution in [0.25, 0.3) is 16.9 Å². The van der Waals surface area contributed by atoms with Crippen molar-refractivity contribution in [2.24, 2.45) is 0 Å². The predicted octanol–water partition coefficient (Wildman–Crippen LogP) is 1.71. The first-order valence-electron chi connectivity index (χ1n) is 6.59. The first-order valence-corrected chi connectivity index (χ1v) is 6.59. The van der Waals surface area contributed by atoms with E-state index in [9.17, 15) is 0 Å². The summed E-state index contributed by atoms with van der Waals surface area (Å²) in [4.78, 5) is 8.81. The van der Waals surface area contributed by atoms with Crippen molar-refractivity contribution >= 4 is 11.0 Å². The van der Waals surface area contributed by atoms with Gasteiger partial charge in [0, 0.05) is 18.8 Å². The van der Waals surface area contributed by atoms with Crippen LogP contribution in [0, 0.1) is 0 Å². The van der Waals surface area contributed by atoms with Crippen molar-refractivity contribution in [3.05, 3.63) is 42.4 Å². The molecule has 2 aromatic heterocycles. The van der Waals surface area contributed by atoms with Gasteiger partial charge in [0.15, 0.2) is 5.82 Å². The lowest BCUT2D eigenvalue weighted by Gasteiger charge is -2.08. The maximum atomic E-state index is 4.57. The van der Waals surface area contributed by atoms with Crippen LogP contribution in [0.1, 0.15) is 19.5 Å². The van der Waals surface area contributed by atoms with E-state index >= 15 is 0 Å². The molecule has 2 heterocycles. The van der Waals surface area contributed by atoms with Gasteiger partial charge in [-0.05, 0) is 12.1 Å². The van der Waals surface area contributed by atoms with Crippen LogP contribution < -0.4 is 5.32 Å². The fourth-order valence-corrected chi connectivity index (χ4v) is 1.93. The third-order valence-corrected chi connectivity index (χ3v) is 2.93. The molecule has 6 heteroatoms. The van der Waals surface area contributed by atoms with Gasteiger partial charge in [-0.3, -0.25) is 4.98 Å². The fraction of sp³-hybridized carbons (Fsp3) is 0.286. The van der Waals surface area contributed by atoms with E-state index < -0.39 is 0 Å². The summed E-state index contributed by atoms with van der Waals surface area (Å²) >= 11 is 0. The first kappa shape index (κ1) is 12.7. The van der Waals surface area contributed by atoms with Gasteiger partial charge in [-0.2, -0.15) is 4.68 Å². The fourth-order valence-electron chi connectivity index (χ4n) is 1.93. The van der Waals surface area contributed by atoms with Gasteiger partial charge in [0.1, 0.15) is 5.52 Å². The molecule has 0 spiro atoms. The molecule has 1 N–H and O–H groups in total. The number of fused-ring (bicyclic) bond motifs is 1. The second kappa shape index (κ2) is 5.34. The van der Waals surface area contributed by atoms with Gasteiger partial charge in [0.2, 0.25) is 0 Å². The van der Waals surface area contributed by atoms with Crippen molar-refractivity contribution in [1.29, 1.82) is 0 Å². The molecule has 0 saturated heterocycles. The Morgan fingerprint density at radius 3 is 2.90 bits per heavy atom. The molecule has 0 aliphatic rings. The average molecular weight is 268 g/mol. The number of rotatable bonds is 4. The first-order chi connectivity index (χ1) is 9.74. The molecule has 0 atom stereocenters. The van der Waals surface area contributed by atoms with Gasteiger partial charge in [0.05, 0.1) is 17.4 Å². The molecule has 102 valence electrons. The minimum Gasteiger partial charge on any atom is -0.309 e. The number of aromatic nitrogens is 5. The Labute approximate surface area is 116 Å². The highest BCUT2D eigenvalue weighted by Crippen LogP contribution is 2.13. The van der Waals surface area contributed by atoms with Crippen LogP contribution in [0.2, 0.25) is 0 Å². The summed E-state index contributed by atoms with van der Waals surface area (Å²) in [5.74, 6) is 0.682. The molecule has 0 saturated carbocycles. The van der Waals surface area contributed by atoms with Crippen LogP contribution in [0.3, 0.4) is 0 Å². The lowest BCUT2D eigenvalue weighted by atomic mass is 10.3. The quantitative estimate of drug-likeness (QED) is 0.780. The van der Waals surface area contributed by atoms with Gasteiger partial charge in [-0.1, -0.05) is 31.2 Å². The summed E-state index contributed by atoms with van der Waals surface area (Å²) in [6, 6.07) is 8.20. The molecular formula is C14H16N6. The summed E-state index contributed by atoms with van der Waals surface area (Å²) < 4.78 is 1.71. The topological polar surface area (TPSA) is 68.5 Å². The van der Waals surface area contributed by atoms with E-state index in [0.717, 1.165) is 16.7 Å². The number of nitrogens with zero attached hydrogens (tertiary/aromatic N) is 5. The Morgan fingerprint density at radius 2 is 2.05 bits per heavy atom.